The topological polar surface area (TPSA) is 62.8 Å². The van der Waals surface area contributed by atoms with E-state index in [0.29, 0.717) is 0 Å². The molecule has 0 fully saturated rings. The predicted octanol–water partition coefficient (Wildman–Crippen LogP) is 3.76. The van der Waals surface area contributed by atoms with Crippen LogP contribution in [0, 0.1) is 0 Å². The number of nitrogens with one attached hydrogen (secondary N) is 1. The molecule has 0 amide bonds. The Kier molecular flexibility index (Phi) is 3.98. The second kappa shape index (κ2) is 5.88. The van der Waals surface area contributed by atoms with Crippen LogP contribution >= 0.6 is 12.2 Å². The molecule has 0 aromatic heterocycles. The van der Waals surface area contributed by atoms with Crippen LogP contribution in [0.5, 0.6) is 0 Å². The summed E-state index contributed by atoms with van der Waals surface area (Å²) in [7, 11) is 0. The first-order valence-corrected chi connectivity index (χ1v) is 5.78. The molecule has 0 saturated heterocycles. The zero-order valence-electron chi connectivity index (χ0n) is 9.58. The van der Waals surface area contributed by atoms with Crippen LogP contribution in [0.3, 0.4) is 0 Å². The molecule has 90 valence electrons. The molecule has 0 spiro atoms. The molecule has 0 atom stereocenters. The first-order valence-electron chi connectivity index (χ1n) is 5.37. The molecule has 3 N–H and O–H groups in total. The maximum absolute atomic E-state index is 5.38. The molecule has 18 heavy (non-hydrogen) atoms. The van der Waals surface area contributed by atoms with Gasteiger partial charge in [0.1, 0.15) is 0 Å². The normalized spacial score (nSPS) is 10.4. The standard InChI is InChI=1S/C13H12N4S/c14-13(18)15-10-6-8-12(9-7-10)17-16-11-4-2-1-3-5-11/h1-9H,(H3,14,15,18)/b17-16+. The van der Waals surface area contributed by atoms with Crippen LogP contribution in [0.25, 0.3) is 0 Å². The van der Waals surface area contributed by atoms with Crippen LogP contribution in [-0.4, -0.2) is 5.11 Å². The molecule has 0 radical (unpaired) electrons. The molecule has 5 heteroatoms. The van der Waals surface area contributed by atoms with Gasteiger partial charge in [-0.25, -0.2) is 0 Å². The summed E-state index contributed by atoms with van der Waals surface area (Å²) in [6.07, 6.45) is 0. The van der Waals surface area contributed by atoms with Gasteiger partial charge in [-0.3, -0.25) is 0 Å². The maximum Gasteiger partial charge on any atom is 0.168 e. The highest BCUT2D eigenvalue weighted by atomic mass is 32.1. The van der Waals surface area contributed by atoms with Crippen molar-refractivity contribution in [2.24, 2.45) is 16.0 Å². The molecule has 4 nitrogen and oxygen atoms in total. The smallest absolute Gasteiger partial charge is 0.168 e. The number of rotatable bonds is 3. The summed E-state index contributed by atoms with van der Waals surface area (Å²) in [6.45, 7) is 0. The van der Waals surface area contributed by atoms with E-state index in [0.717, 1.165) is 17.1 Å². The molecule has 2 rings (SSSR count). The number of azo groups is 1. The van der Waals surface area contributed by atoms with Crippen molar-refractivity contribution >= 4 is 34.4 Å². The number of hydrogen-bond acceptors (Lipinski definition) is 3. The van der Waals surface area contributed by atoms with Crippen LogP contribution in [0.2, 0.25) is 0 Å². The molecule has 2 aromatic rings. The Morgan fingerprint density at radius 1 is 0.889 bits per heavy atom. The largest absolute Gasteiger partial charge is 0.376 e. The van der Waals surface area contributed by atoms with Crippen molar-refractivity contribution in [2.45, 2.75) is 0 Å². The summed E-state index contributed by atoms with van der Waals surface area (Å²) in [5.74, 6) is 0. The average Bonchev–Trinajstić information content (AvgIpc) is 2.38. The highest BCUT2D eigenvalue weighted by Gasteiger charge is 1.94. The highest BCUT2D eigenvalue weighted by Crippen LogP contribution is 2.19. The van der Waals surface area contributed by atoms with Gasteiger partial charge in [-0.15, -0.1) is 0 Å². The summed E-state index contributed by atoms with van der Waals surface area (Å²) in [6, 6.07) is 16.9. The Hall–Kier alpha value is -2.27. The van der Waals surface area contributed by atoms with E-state index >= 15 is 0 Å². The van der Waals surface area contributed by atoms with E-state index in [1.54, 1.807) is 0 Å². The number of anilines is 1. The number of nitrogens with zero attached hydrogens (tertiary/aromatic N) is 2. The lowest BCUT2D eigenvalue weighted by molar-refractivity contribution is 1.23. The second-order valence-electron chi connectivity index (χ2n) is 3.57. The number of benzene rings is 2. The second-order valence-corrected chi connectivity index (χ2v) is 4.01. The fourth-order valence-corrected chi connectivity index (χ4v) is 1.48. The summed E-state index contributed by atoms with van der Waals surface area (Å²) < 4.78 is 0. The Morgan fingerprint density at radius 3 is 2.00 bits per heavy atom. The molecule has 0 saturated carbocycles. The van der Waals surface area contributed by atoms with Crippen molar-refractivity contribution < 1.29 is 0 Å². The summed E-state index contributed by atoms with van der Waals surface area (Å²) in [5, 5.41) is 11.3. The Morgan fingerprint density at radius 2 is 1.44 bits per heavy atom. The lowest BCUT2D eigenvalue weighted by Gasteiger charge is -2.02. The van der Waals surface area contributed by atoms with Crippen molar-refractivity contribution in [1.29, 1.82) is 0 Å². The molecule has 0 aliphatic carbocycles. The zero-order chi connectivity index (χ0) is 12.8. The van der Waals surface area contributed by atoms with Crippen LogP contribution < -0.4 is 11.1 Å². The van der Waals surface area contributed by atoms with Crippen LogP contribution in [0.1, 0.15) is 0 Å². The average molecular weight is 256 g/mol. The maximum atomic E-state index is 5.38. The minimum absolute atomic E-state index is 0.244. The summed E-state index contributed by atoms with van der Waals surface area (Å²) in [5.41, 5.74) is 7.80. The quantitative estimate of drug-likeness (QED) is 0.649. The fraction of sp³-hybridized carbons (Fsp3) is 0. The van der Waals surface area contributed by atoms with Gasteiger partial charge in [0.05, 0.1) is 11.4 Å². The van der Waals surface area contributed by atoms with Gasteiger partial charge in [-0.05, 0) is 48.6 Å². The van der Waals surface area contributed by atoms with E-state index in [2.05, 4.69) is 15.5 Å². The Labute approximate surface area is 111 Å². The lowest BCUT2D eigenvalue weighted by Crippen LogP contribution is -2.18. The molecule has 0 bridgehead atoms. The number of thiocarbonyl (C=S) groups is 1. The number of nitrogens with two attached hydrogens (primary N) is 1. The predicted molar refractivity (Wildman–Crippen MR) is 77.5 cm³/mol. The monoisotopic (exact) mass is 256 g/mol. The van der Waals surface area contributed by atoms with Gasteiger partial charge in [-0.1, -0.05) is 18.2 Å². The van der Waals surface area contributed by atoms with Crippen molar-refractivity contribution in [2.75, 3.05) is 5.32 Å². The molecular weight excluding hydrogens is 244 g/mol. The van der Waals surface area contributed by atoms with E-state index in [1.165, 1.54) is 0 Å². The van der Waals surface area contributed by atoms with Crippen LogP contribution in [0.4, 0.5) is 17.1 Å². The molecule has 0 unspecified atom stereocenters. The summed E-state index contributed by atoms with van der Waals surface area (Å²) in [4.78, 5) is 0. The zero-order valence-corrected chi connectivity index (χ0v) is 10.4. The van der Waals surface area contributed by atoms with Gasteiger partial charge in [-0.2, -0.15) is 10.2 Å². The van der Waals surface area contributed by atoms with Gasteiger partial charge in [0, 0.05) is 5.69 Å². The minimum Gasteiger partial charge on any atom is -0.376 e. The van der Waals surface area contributed by atoms with E-state index in [9.17, 15) is 0 Å². The SMILES string of the molecule is NC(=S)Nc1ccc(/N=N/c2ccccc2)cc1. The van der Waals surface area contributed by atoms with Crippen molar-refractivity contribution in [3.05, 3.63) is 54.6 Å². The van der Waals surface area contributed by atoms with Crippen molar-refractivity contribution in [1.82, 2.24) is 0 Å². The van der Waals surface area contributed by atoms with E-state index in [-0.39, 0.29) is 5.11 Å². The third-order valence-electron chi connectivity index (χ3n) is 2.17. The third kappa shape index (κ3) is 3.64. The molecule has 0 aliphatic heterocycles. The molecule has 2 aromatic carbocycles. The first kappa shape index (κ1) is 12.2. The van der Waals surface area contributed by atoms with Gasteiger partial charge in [0.15, 0.2) is 5.11 Å². The molecule has 0 heterocycles. The molecular formula is C13H12N4S. The van der Waals surface area contributed by atoms with Crippen LogP contribution in [-0.2, 0) is 0 Å². The Balaban J connectivity index is 2.06. The first-order chi connectivity index (χ1) is 8.74. The van der Waals surface area contributed by atoms with Gasteiger partial charge >= 0.3 is 0 Å². The van der Waals surface area contributed by atoms with Crippen molar-refractivity contribution in [3.63, 3.8) is 0 Å². The van der Waals surface area contributed by atoms with Gasteiger partial charge in [0.25, 0.3) is 0 Å². The summed E-state index contributed by atoms with van der Waals surface area (Å²) >= 11 is 4.75. The minimum atomic E-state index is 0.244. The lowest BCUT2D eigenvalue weighted by atomic mass is 10.3. The fourth-order valence-electron chi connectivity index (χ4n) is 1.36. The van der Waals surface area contributed by atoms with Crippen molar-refractivity contribution in [3.8, 4) is 0 Å². The van der Waals surface area contributed by atoms with E-state index < -0.39 is 0 Å². The Bertz CT molecular complexity index is 549. The van der Waals surface area contributed by atoms with E-state index in [4.69, 9.17) is 18.0 Å². The third-order valence-corrected chi connectivity index (χ3v) is 2.27. The van der Waals surface area contributed by atoms with Crippen LogP contribution in [0.15, 0.2) is 64.8 Å². The highest BCUT2D eigenvalue weighted by molar-refractivity contribution is 7.80. The number of hydrogen-bond donors (Lipinski definition) is 2. The molecule has 0 aliphatic rings. The van der Waals surface area contributed by atoms with Gasteiger partial charge < -0.3 is 11.1 Å². The van der Waals surface area contributed by atoms with E-state index in [1.807, 2.05) is 54.6 Å². The van der Waals surface area contributed by atoms with Gasteiger partial charge in [0.2, 0.25) is 0 Å².